The van der Waals surface area contributed by atoms with Gasteiger partial charge in [0.1, 0.15) is 5.75 Å². The van der Waals surface area contributed by atoms with Crippen molar-refractivity contribution in [3.05, 3.63) is 35.4 Å². The van der Waals surface area contributed by atoms with Crippen molar-refractivity contribution in [2.24, 2.45) is 0 Å². The van der Waals surface area contributed by atoms with Gasteiger partial charge >= 0.3 is 0 Å². The molecule has 0 saturated carbocycles. The van der Waals surface area contributed by atoms with Crippen molar-refractivity contribution in [2.75, 3.05) is 19.8 Å². The Balaban J connectivity index is 1.76. The zero-order valence-electron chi connectivity index (χ0n) is 11.6. The number of benzene rings is 1. The summed E-state index contributed by atoms with van der Waals surface area (Å²) in [5.41, 5.74) is 2.22. The lowest BCUT2D eigenvalue weighted by Crippen LogP contribution is -2.22. The van der Waals surface area contributed by atoms with E-state index in [0.29, 0.717) is 6.54 Å². The molecule has 1 aliphatic heterocycles. The monoisotopic (exact) mass is 275 g/mol. The summed E-state index contributed by atoms with van der Waals surface area (Å²) in [6.07, 6.45) is 6.95. The minimum absolute atomic E-state index is 0.0780. The zero-order valence-corrected chi connectivity index (χ0v) is 11.6. The second kappa shape index (κ2) is 7.70. The third-order valence-corrected chi connectivity index (χ3v) is 3.27. The maximum absolute atomic E-state index is 11.6. The van der Waals surface area contributed by atoms with E-state index < -0.39 is 0 Å². The second-order valence-corrected chi connectivity index (χ2v) is 4.87. The molecule has 4 nitrogen and oxygen atoms in total. The molecule has 0 atom stereocenters. The molecule has 1 heterocycles. The fourth-order valence-electron chi connectivity index (χ4n) is 2.17. The molecule has 0 saturated heterocycles. The van der Waals surface area contributed by atoms with Crippen molar-refractivity contribution in [3.8, 4) is 5.75 Å². The summed E-state index contributed by atoms with van der Waals surface area (Å²) in [6, 6.07) is 5.97. The molecule has 0 bridgehead atoms. The maximum atomic E-state index is 11.6. The minimum atomic E-state index is -0.0780. The van der Waals surface area contributed by atoms with E-state index in [1.165, 1.54) is 5.56 Å². The summed E-state index contributed by atoms with van der Waals surface area (Å²) in [4.78, 5) is 11.6. The van der Waals surface area contributed by atoms with Crippen LogP contribution in [0, 0.1) is 0 Å². The Morgan fingerprint density at radius 3 is 3.10 bits per heavy atom. The van der Waals surface area contributed by atoms with E-state index in [2.05, 4.69) is 11.4 Å². The molecule has 0 radical (unpaired) electrons. The Hall–Kier alpha value is -1.81. The van der Waals surface area contributed by atoms with Gasteiger partial charge in [0, 0.05) is 25.6 Å². The number of aliphatic hydroxyl groups is 1. The number of amides is 1. The highest BCUT2D eigenvalue weighted by molar-refractivity contribution is 5.91. The summed E-state index contributed by atoms with van der Waals surface area (Å²) < 4.78 is 5.44. The number of fused-ring (bicyclic) bond motifs is 1. The number of hydrogen-bond acceptors (Lipinski definition) is 3. The molecule has 20 heavy (non-hydrogen) atoms. The first-order chi connectivity index (χ1) is 9.79. The zero-order chi connectivity index (χ0) is 14.2. The van der Waals surface area contributed by atoms with Gasteiger partial charge in [-0.05, 0) is 48.6 Å². The maximum Gasteiger partial charge on any atom is 0.243 e. The molecule has 1 aliphatic rings. The normalized spacial score (nSPS) is 13.2. The Bertz CT molecular complexity index is 483. The molecular weight excluding hydrogens is 254 g/mol. The Morgan fingerprint density at radius 2 is 2.25 bits per heavy atom. The first-order valence-corrected chi connectivity index (χ1v) is 7.12. The van der Waals surface area contributed by atoms with Crippen LogP contribution in [-0.2, 0) is 11.2 Å². The van der Waals surface area contributed by atoms with E-state index in [4.69, 9.17) is 9.84 Å². The number of nitrogens with one attached hydrogen (secondary N) is 1. The van der Waals surface area contributed by atoms with E-state index in [0.717, 1.165) is 43.6 Å². The fourth-order valence-corrected chi connectivity index (χ4v) is 2.17. The topological polar surface area (TPSA) is 58.6 Å². The van der Waals surface area contributed by atoms with Crippen molar-refractivity contribution in [1.29, 1.82) is 0 Å². The average molecular weight is 275 g/mol. The molecule has 2 rings (SSSR count). The summed E-state index contributed by atoms with van der Waals surface area (Å²) in [6.45, 7) is 1.62. The summed E-state index contributed by atoms with van der Waals surface area (Å²) in [7, 11) is 0. The van der Waals surface area contributed by atoms with Crippen molar-refractivity contribution in [2.45, 2.75) is 25.7 Å². The van der Waals surface area contributed by atoms with Gasteiger partial charge < -0.3 is 15.2 Å². The largest absolute Gasteiger partial charge is 0.493 e. The highest BCUT2D eigenvalue weighted by atomic mass is 16.5. The number of rotatable bonds is 7. The molecule has 0 aromatic heterocycles. The van der Waals surface area contributed by atoms with Crippen LogP contribution in [0.1, 0.15) is 30.4 Å². The third-order valence-electron chi connectivity index (χ3n) is 3.27. The molecule has 108 valence electrons. The van der Waals surface area contributed by atoms with E-state index >= 15 is 0 Å². The Morgan fingerprint density at radius 1 is 1.35 bits per heavy atom. The minimum Gasteiger partial charge on any atom is -0.493 e. The molecule has 1 aromatic rings. The summed E-state index contributed by atoms with van der Waals surface area (Å²) in [5.74, 6) is 0.876. The highest BCUT2D eigenvalue weighted by Crippen LogP contribution is 2.26. The van der Waals surface area contributed by atoms with E-state index in [1.54, 1.807) is 6.08 Å². The number of carbonyl (C=O) groups is 1. The van der Waals surface area contributed by atoms with Crippen LogP contribution in [0.3, 0.4) is 0 Å². The summed E-state index contributed by atoms with van der Waals surface area (Å²) in [5, 5.41) is 11.5. The van der Waals surface area contributed by atoms with Gasteiger partial charge in [-0.15, -0.1) is 0 Å². The van der Waals surface area contributed by atoms with Gasteiger partial charge in [0.2, 0.25) is 5.91 Å². The molecule has 0 fully saturated rings. The number of unbranched alkanes of at least 4 members (excludes halogenated alkanes) is 2. The lowest BCUT2D eigenvalue weighted by atomic mass is 10.1. The van der Waals surface area contributed by atoms with Crippen molar-refractivity contribution >= 4 is 12.0 Å². The SMILES string of the molecule is O=C(/C=C/c1ccc2c(c1)CCO2)NCCCCCO. The van der Waals surface area contributed by atoms with Crippen LogP contribution in [0.2, 0.25) is 0 Å². The Kier molecular flexibility index (Phi) is 5.62. The predicted octanol–water partition coefficient (Wildman–Crippen LogP) is 1.91. The van der Waals surface area contributed by atoms with Gasteiger partial charge in [0.15, 0.2) is 0 Å². The van der Waals surface area contributed by atoms with E-state index in [-0.39, 0.29) is 12.5 Å². The third kappa shape index (κ3) is 4.38. The number of ether oxygens (including phenoxy) is 1. The molecule has 4 heteroatoms. The van der Waals surface area contributed by atoms with Gasteiger partial charge in [-0.1, -0.05) is 6.07 Å². The summed E-state index contributed by atoms with van der Waals surface area (Å²) >= 11 is 0. The molecule has 0 spiro atoms. The molecule has 2 N–H and O–H groups in total. The van der Waals surface area contributed by atoms with Crippen molar-refractivity contribution < 1.29 is 14.6 Å². The van der Waals surface area contributed by atoms with E-state index in [1.807, 2.05) is 18.2 Å². The lowest BCUT2D eigenvalue weighted by molar-refractivity contribution is -0.116. The smallest absolute Gasteiger partial charge is 0.243 e. The van der Waals surface area contributed by atoms with Crippen molar-refractivity contribution in [1.82, 2.24) is 5.32 Å². The molecule has 0 aliphatic carbocycles. The van der Waals surface area contributed by atoms with Gasteiger partial charge in [0.25, 0.3) is 0 Å². The van der Waals surface area contributed by atoms with Crippen molar-refractivity contribution in [3.63, 3.8) is 0 Å². The molecule has 1 amide bonds. The van der Waals surface area contributed by atoms with Gasteiger partial charge in [0.05, 0.1) is 6.61 Å². The second-order valence-electron chi connectivity index (χ2n) is 4.87. The van der Waals surface area contributed by atoms with Crippen LogP contribution in [0.4, 0.5) is 0 Å². The first-order valence-electron chi connectivity index (χ1n) is 7.12. The number of aliphatic hydroxyl groups excluding tert-OH is 1. The molecule has 1 aromatic carbocycles. The van der Waals surface area contributed by atoms with E-state index in [9.17, 15) is 4.79 Å². The fraction of sp³-hybridized carbons (Fsp3) is 0.438. The highest BCUT2D eigenvalue weighted by Gasteiger charge is 2.10. The quantitative estimate of drug-likeness (QED) is 0.590. The average Bonchev–Trinajstić information content (AvgIpc) is 2.92. The first kappa shape index (κ1) is 14.6. The van der Waals surface area contributed by atoms with Crippen LogP contribution >= 0.6 is 0 Å². The molecular formula is C16H21NO3. The number of carbonyl (C=O) groups excluding carboxylic acids is 1. The van der Waals surface area contributed by atoms with Gasteiger partial charge in [-0.3, -0.25) is 4.79 Å². The number of hydrogen-bond donors (Lipinski definition) is 2. The Labute approximate surface area is 119 Å². The van der Waals surface area contributed by atoms with Crippen LogP contribution in [0.25, 0.3) is 6.08 Å². The van der Waals surface area contributed by atoms with Crippen LogP contribution in [0.15, 0.2) is 24.3 Å². The van der Waals surface area contributed by atoms with Crippen LogP contribution < -0.4 is 10.1 Å². The van der Waals surface area contributed by atoms with Crippen LogP contribution in [0.5, 0.6) is 5.75 Å². The van der Waals surface area contributed by atoms with Gasteiger partial charge in [-0.25, -0.2) is 0 Å². The predicted molar refractivity (Wildman–Crippen MR) is 78.6 cm³/mol. The standard InChI is InChI=1S/C16H21NO3/c18-10-3-1-2-9-17-16(19)7-5-13-4-6-15-14(12-13)8-11-20-15/h4-7,12,18H,1-3,8-11H2,(H,17,19)/b7-5+. The van der Waals surface area contributed by atoms with Gasteiger partial charge in [-0.2, -0.15) is 0 Å². The lowest BCUT2D eigenvalue weighted by Gasteiger charge is -2.02. The van der Waals surface area contributed by atoms with Crippen LogP contribution in [-0.4, -0.2) is 30.8 Å². The molecule has 0 unspecified atom stereocenters.